The van der Waals surface area contributed by atoms with Crippen LogP contribution in [0.2, 0.25) is 0 Å². The molecule has 0 saturated carbocycles. The highest BCUT2D eigenvalue weighted by Crippen LogP contribution is 2.21. The second-order valence-corrected chi connectivity index (χ2v) is 7.92. The van der Waals surface area contributed by atoms with E-state index in [1.165, 1.54) is 0 Å². The first-order valence-corrected chi connectivity index (χ1v) is 9.83. The molecule has 3 rings (SSSR count). The molecule has 2 N–H and O–H groups in total. The van der Waals surface area contributed by atoms with Crippen LogP contribution in [0.3, 0.4) is 0 Å². The van der Waals surface area contributed by atoms with Crippen LogP contribution in [-0.2, 0) is 10.0 Å². The van der Waals surface area contributed by atoms with Crippen LogP contribution in [0.1, 0.15) is 12.0 Å². The molecular weight excluding hydrogens is 324 g/mol. The van der Waals surface area contributed by atoms with Crippen molar-refractivity contribution in [1.29, 1.82) is 0 Å². The van der Waals surface area contributed by atoms with Gasteiger partial charge in [0.25, 0.3) is 0 Å². The summed E-state index contributed by atoms with van der Waals surface area (Å²) < 4.78 is 27.9. The van der Waals surface area contributed by atoms with Gasteiger partial charge in [-0.3, -0.25) is 4.98 Å². The monoisotopic (exact) mass is 348 g/mol. The Labute approximate surface area is 143 Å². The minimum absolute atomic E-state index is 0.252. The van der Waals surface area contributed by atoms with Crippen LogP contribution in [0.5, 0.6) is 0 Å². The van der Waals surface area contributed by atoms with E-state index >= 15 is 0 Å². The van der Waals surface area contributed by atoms with Crippen molar-refractivity contribution < 1.29 is 8.42 Å². The minimum atomic E-state index is -3.55. The van der Waals surface area contributed by atoms with Crippen LogP contribution in [-0.4, -0.2) is 57.6 Å². The summed E-state index contributed by atoms with van der Waals surface area (Å²) in [5, 5.41) is 4.16. The summed E-state index contributed by atoms with van der Waals surface area (Å²) in [6.07, 6.45) is 2.50. The van der Waals surface area contributed by atoms with Crippen LogP contribution in [0.25, 0.3) is 10.9 Å². The normalized spacial score (nSPS) is 16.5. The Hall–Kier alpha value is -1.54. The molecule has 0 spiro atoms. The Morgan fingerprint density at radius 2 is 2.08 bits per heavy atom. The van der Waals surface area contributed by atoms with E-state index in [0.29, 0.717) is 12.1 Å². The fraction of sp³-hybridized carbons (Fsp3) is 0.471. The van der Waals surface area contributed by atoms with Crippen molar-refractivity contribution in [2.45, 2.75) is 18.2 Å². The van der Waals surface area contributed by atoms with E-state index in [2.05, 4.69) is 19.9 Å². The molecule has 6 nitrogen and oxygen atoms in total. The zero-order chi connectivity index (χ0) is 17.0. The molecule has 1 fully saturated rings. The lowest BCUT2D eigenvalue weighted by atomic mass is 10.2. The molecular formula is C17H24N4O2S. The highest BCUT2D eigenvalue weighted by Gasteiger charge is 2.18. The number of nitrogens with one attached hydrogen (secondary N) is 2. The summed E-state index contributed by atoms with van der Waals surface area (Å²) in [7, 11) is -3.55. The number of fused-ring (bicyclic) bond motifs is 1. The number of piperazine rings is 1. The first kappa shape index (κ1) is 17.3. The molecule has 130 valence electrons. The van der Waals surface area contributed by atoms with Crippen molar-refractivity contribution in [3.63, 3.8) is 0 Å². The molecule has 0 amide bonds. The van der Waals surface area contributed by atoms with Gasteiger partial charge in [0.05, 0.1) is 5.52 Å². The third kappa shape index (κ3) is 4.10. The third-order valence-electron chi connectivity index (χ3n) is 4.25. The largest absolute Gasteiger partial charge is 0.314 e. The van der Waals surface area contributed by atoms with E-state index in [4.69, 9.17) is 0 Å². The molecule has 0 unspecified atom stereocenters. The van der Waals surface area contributed by atoms with Crippen molar-refractivity contribution in [3.05, 3.63) is 36.0 Å². The average molecular weight is 348 g/mol. The Morgan fingerprint density at radius 1 is 1.29 bits per heavy atom. The predicted molar refractivity (Wildman–Crippen MR) is 95.6 cm³/mol. The summed E-state index contributed by atoms with van der Waals surface area (Å²) in [6.45, 7) is 7.37. The second kappa shape index (κ2) is 7.57. The number of nitrogens with zero attached hydrogens (tertiary/aromatic N) is 2. The summed E-state index contributed by atoms with van der Waals surface area (Å²) in [4.78, 5) is 6.92. The molecule has 0 atom stereocenters. The summed E-state index contributed by atoms with van der Waals surface area (Å²) in [5.74, 6) is 0. The van der Waals surface area contributed by atoms with Gasteiger partial charge in [0, 0.05) is 44.3 Å². The predicted octanol–water partition coefficient (Wildman–Crippen LogP) is 1.12. The van der Waals surface area contributed by atoms with Crippen molar-refractivity contribution in [2.24, 2.45) is 0 Å². The summed E-state index contributed by atoms with van der Waals surface area (Å²) >= 11 is 0. The van der Waals surface area contributed by atoms with Crippen LogP contribution >= 0.6 is 0 Å². The maximum Gasteiger partial charge on any atom is 0.242 e. The van der Waals surface area contributed by atoms with Crippen LogP contribution in [0.4, 0.5) is 0 Å². The lowest BCUT2D eigenvalue weighted by molar-refractivity contribution is 0.239. The van der Waals surface area contributed by atoms with Gasteiger partial charge in [0.1, 0.15) is 4.90 Å². The lowest BCUT2D eigenvalue weighted by Gasteiger charge is -2.27. The molecule has 0 bridgehead atoms. The first-order chi connectivity index (χ1) is 11.6. The number of pyridine rings is 1. The number of aryl methyl sites for hydroxylation is 1. The zero-order valence-electron chi connectivity index (χ0n) is 14.0. The maximum absolute atomic E-state index is 12.6. The second-order valence-electron chi connectivity index (χ2n) is 6.18. The molecule has 24 heavy (non-hydrogen) atoms. The van der Waals surface area contributed by atoms with Crippen molar-refractivity contribution >= 4 is 20.9 Å². The molecule has 1 aromatic heterocycles. The summed E-state index contributed by atoms with van der Waals surface area (Å²) in [6, 6.07) is 7.21. The van der Waals surface area contributed by atoms with Crippen LogP contribution < -0.4 is 10.0 Å². The molecule has 1 saturated heterocycles. The number of para-hydroxylation sites is 1. The molecule has 2 aromatic rings. The van der Waals surface area contributed by atoms with Crippen LogP contribution in [0, 0.1) is 6.92 Å². The number of hydrogen-bond donors (Lipinski definition) is 2. The fourth-order valence-corrected chi connectivity index (χ4v) is 4.23. The Kier molecular flexibility index (Phi) is 5.45. The summed E-state index contributed by atoms with van der Waals surface area (Å²) in [5.41, 5.74) is 1.54. The highest BCUT2D eigenvalue weighted by molar-refractivity contribution is 7.89. The first-order valence-electron chi connectivity index (χ1n) is 8.34. The van der Waals surface area contributed by atoms with Gasteiger partial charge < -0.3 is 10.2 Å². The lowest BCUT2D eigenvalue weighted by Crippen LogP contribution is -2.44. The van der Waals surface area contributed by atoms with Gasteiger partial charge >= 0.3 is 0 Å². The quantitative estimate of drug-likeness (QED) is 0.765. The maximum atomic E-state index is 12.6. The Bertz CT molecular complexity index is 801. The van der Waals surface area contributed by atoms with Crippen molar-refractivity contribution in [1.82, 2.24) is 19.9 Å². The number of hydrogen-bond acceptors (Lipinski definition) is 5. The van der Waals surface area contributed by atoms with Gasteiger partial charge in [-0.1, -0.05) is 12.1 Å². The topological polar surface area (TPSA) is 74.3 Å². The SMILES string of the molecule is Cc1cnc2c(S(=O)(=O)NCCCN3CCNCC3)cccc2c1. The van der Waals surface area contributed by atoms with Gasteiger partial charge in [-0.05, 0) is 37.6 Å². The van der Waals surface area contributed by atoms with Gasteiger partial charge in [0.15, 0.2) is 0 Å². The average Bonchev–Trinajstić information content (AvgIpc) is 2.59. The third-order valence-corrected chi connectivity index (χ3v) is 5.75. The zero-order valence-corrected chi connectivity index (χ0v) is 14.8. The smallest absolute Gasteiger partial charge is 0.242 e. The van der Waals surface area contributed by atoms with Gasteiger partial charge in [-0.2, -0.15) is 0 Å². The molecule has 1 aromatic carbocycles. The van der Waals surface area contributed by atoms with E-state index < -0.39 is 10.0 Å². The minimum Gasteiger partial charge on any atom is -0.314 e. The molecule has 2 heterocycles. The van der Waals surface area contributed by atoms with E-state index in [-0.39, 0.29) is 4.90 Å². The standard InChI is InChI=1S/C17H24N4O2S/c1-14-12-15-4-2-5-16(17(15)19-13-14)24(22,23)20-6-3-9-21-10-7-18-8-11-21/h2,4-5,12-13,18,20H,3,6-11H2,1H3. The van der Waals surface area contributed by atoms with Crippen molar-refractivity contribution in [3.8, 4) is 0 Å². The number of benzene rings is 1. The van der Waals surface area contributed by atoms with Gasteiger partial charge in [0.2, 0.25) is 10.0 Å². The molecule has 1 aliphatic rings. The molecule has 0 aliphatic carbocycles. The van der Waals surface area contributed by atoms with Crippen molar-refractivity contribution in [2.75, 3.05) is 39.3 Å². The van der Waals surface area contributed by atoms with Crippen LogP contribution in [0.15, 0.2) is 35.4 Å². The number of aromatic nitrogens is 1. The van der Waals surface area contributed by atoms with E-state index in [1.54, 1.807) is 18.3 Å². The Balaban J connectivity index is 1.65. The van der Waals surface area contributed by atoms with E-state index in [0.717, 1.165) is 50.1 Å². The number of rotatable bonds is 6. The molecule has 0 radical (unpaired) electrons. The molecule has 1 aliphatic heterocycles. The fourth-order valence-electron chi connectivity index (χ4n) is 2.98. The van der Waals surface area contributed by atoms with Gasteiger partial charge in [-0.25, -0.2) is 13.1 Å². The highest BCUT2D eigenvalue weighted by atomic mass is 32.2. The van der Waals surface area contributed by atoms with Gasteiger partial charge in [-0.15, -0.1) is 0 Å². The van der Waals surface area contributed by atoms with E-state index in [1.807, 2.05) is 19.1 Å². The Morgan fingerprint density at radius 3 is 2.88 bits per heavy atom. The molecule has 7 heteroatoms. The van der Waals surface area contributed by atoms with E-state index in [9.17, 15) is 8.42 Å². The number of sulfonamides is 1.